The molecule has 0 atom stereocenters. The molecule has 16 heavy (non-hydrogen) atoms. The number of rotatable bonds is 2. The Hall–Kier alpha value is -0.990. The van der Waals surface area contributed by atoms with Gasteiger partial charge in [0.1, 0.15) is 5.82 Å². The van der Waals surface area contributed by atoms with E-state index < -0.39 is 0 Å². The van der Waals surface area contributed by atoms with Crippen molar-refractivity contribution in [2.75, 3.05) is 11.9 Å². The predicted octanol–water partition coefficient (Wildman–Crippen LogP) is 2.92. The summed E-state index contributed by atoms with van der Waals surface area (Å²) < 4.78 is 2.16. The van der Waals surface area contributed by atoms with Gasteiger partial charge in [-0.25, -0.2) is 4.68 Å². The van der Waals surface area contributed by atoms with E-state index in [2.05, 4.69) is 16.9 Å². The fourth-order valence-electron chi connectivity index (χ4n) is 3.20. The number of hydrogen-bond acceptors (Lipinski definition) is 2. The molecule has 1 aromatic heterocycles. The first-order valence-electron chi connectivity index (χ1n) is 6.73. The van der Waals surface area contributed by atoms with Crippen LogP contribution in [-0.4, -0.2) is 16.3 Å². The lowest BCUT2D eigenvalue weighted by atomic mass is 9.85. The minimum absolute atomic E-state index is 0.746. The van der Waals surface area contributed by atoms with Crippen LogP contribution in [0.5, 0.6) is 0 Å². The van der Waals surface area contributed by atoms with Crippen molar-refractivity contribution in [3.63, 3.8) is 0 Å². The van der Waals surface area contributed by atoms with Crippen LogP contribution < -0.4 is 5.32 Å². The Balaban J connectivity index is 1.94. The Morgan fingerprint density at radius 1 is 1.31 bits per heavy atom. The molecule has 1 saturated carbocycles. The molecule has 0 aromatic carbocycles. The molecule has 1 aromatic rings. The average molecular weight is 219 g/mol. The highest BCUT2D eigenvalue weighted by atomic mass is 15.3. The second-order valence-electron chi connectivity index (χ2n) is 5.04. The van der Waals surface area contributed by atoms with Crippen LogP contribution >= 0.6 is 0 Å². The van der Waals surface area contributed by atoms with E-state index in [-0.39, 0.29) is 0 Å². The van der Waals surface area contributed by atoms with E-state index in [4.69, 9.17) is 5.10 Å². The van der Waals surface area contributed by atoms with Crippen molar-refractivity contribution in [1.82, 2.24) is 9.78 Å². The maximum atomic E-state index is 4.83. The molecule has 1 N–H and O–H groups in total. The summed E-state index contributed by atoms with van der Waals surface area (Å²) in [7, 11) is 0. The summed E-state index contributed by atoms with van der Waals surface area (Å²) in [4.78, 5) is 0. The zero-order chi connectivity index (χ0) is 11.0. The summed E-state index contributed by atoms with van der Waals surface area (Å²) >= 11 is 0. The van der Waals surface area contributed by atoms with Gasteiger partial charge in [-0.2, -0.15) is 5.10 Å². The molecule has 0 radical (unpaired) electrons. The van der Waals surface area contributed by atoms with Crippen molar-refractivity contribution in [2.24, 2.45) is 0 Å². The third-order valence-electron chi connectivity index (χ3n) is 4.04. The molecule has 2 aliphatic rings. The van der Waals surface area contributed by atoms with Crippen LogP contribution in [0.2, 0.25) is 0 Å². The number of aromatic nitrogens is 2. The topological polar surface area (TPSA) is 29.9 Å². The molecular weight excluding hydrogens is 198 g/mol. The monoisotopic (exact) mass is 219 g/mol. The molecular formula is C13H21N3. The van der Waals surface area contributed by atoms with Crippen LogP contribution in [0, 0.1) is 0 Å². The quantitative estimate of drug-likeness (QED) is 0.829. The highest BCUT2D eigenvalue weighted by Crippen LogP contribution is 2.37. The van der Waals surface area contributed by atoms with Gasteiger partial charge >= 0.3 is 0 Å². The predicted molar refractivity (Wildman–Crippen MR) is 65.9 cm³/mol. The normalized spacial score (nSPS) is 20.8. The van der Waals surface area contributed by atoms with Crippen LogP contribution in [0.15, 0.2) is 0 Å². The standard InChI is InChI=1S/C13H21N3/c1-2-16-13-11(8-9-14-13)12(15-16)10-6-4-3-5-7-10/h10,14H,2-9H2,1H3. The van der Waals surface area contributed by atoms with Gasteiger partial charge in [0.15, 0.2) is 0 Å². The molecule has 0 saturated heterocycles. The summed E-state index contributed by atoms with van der Waals surface area (Å²) in [6, 6.07) is 0. The summed E-state index contributed by atoms with van der Waals surface area (Å²) in [6.07, 6.45) is 8.10. The van der Waals surface area contributed by atoms with Crippen molar-refractivity contribution in [3.05, 3.63) is 11.3 Å². The van der Waals surface area contributed by atoms with Crippen molar-refractivity contribution < 1.29 is 0 Å². The molecule has 0 unspecified atom stereocenters. The number of aryl methyl sites for hydroxylation is 1. The lowest BCUT2D eigenvalue weighted by Crippen LogP contribution is -2.09. The Morgan fingerprint density at radius 3 is 2.88 bits per heavy atom. The Kier molecular flexibility index (Phi) is 2.62. The van der Waals surface area contributed by atoms with E-state index in [9.17, 15) is 0 Å². The second kappa shape index (κ2) is 4.11. The van der Waals surface area contributed by atoms with Crippen LogP contribution in [0.3, 0.4) is 0 Å². The highest BCUT2D eigenvalue weighted by molar-refractivity contribution is 5.53. The minimum Gasteiger partial charge on any atom is -0.370 e. The molecule has 3 nitrogen and oxygen atoms in total. The number of anilines is 1. The molecule has 1 fully saturated rings. The first-order chi connectivity index (χ1) is 7.90. The Morgan fingerprint density at radius 2 is 2.12 bits per heavy atom. The second-order valence-corrected chi connectivity index (χ2v) is 5.04. The third kappa shape index (κ3) is 1.53. The number of nitrogens with one attached hydrogen (secondary N) is 1. The molecule has 2 heterocycles. The largest absolute Gasteiger partial charge is 0.370 e. The third-order valence-corrected chi connectivity index (χ3v) is 4.04. The van der Waals surface area contributed by atoms with Gasteiger partial charge in [-0.15, -0.1) is 0 Å². The van der Waals surface area contributed by atoms with E-state index in [1.54, 1.807) is 0 Å². The van der Waals surface area contributed by atoms with Gasteiger partial charge in [0.25, 0.3) is 0 Å². The van der Waals surface area contributed by atoms with Gasteiger partial charge in [-0.1, -0.05) is 19.3 Å². The summed E-state index contributed by atoms with van der Waals surface area (Å²) in [5, 5.41) is 8.31. The lowest BCUT2D eigenvalue weighted by Gasteiger charge is -2.20. The van der Waals surface area contributed by atoms with Crippen molar-refractivity contribution in [2.45, 2.75) is 57.9 Å². The molecule has 1 aliphatic carbocycles. The number of nitrogens with zero attached hydrogens (tertiary/aromatic N) is 2. The molecule has 3 rings (SSSR count). The SMILES string of the molecule is CCn1nc(C2CCCCC2)c2c1NCC2. The molecule has 3 heteroatoms. The molecule has 88 valence electrons. The van der Waals surface area contributed by atoms with Gasteiger partial charge in [-0.05, 0) is 26.2 Å². The Bertz CT molecular complexity index is 375. The van der Waals surface area contributed by atoms with Crippen LogP contribution in [0.1, 0.15) is 56.2 Å². The van der Waals surface area contributed by atoms with E-state index in [0.717, 1.165) is 19.0 Å². The fourth-order valence-corrected chi connectivity index (χ4v) is 3.20. The van der Waals surface area contributed by atoms with E-state index >= 15 is 0 Å². The summed E-state index contributed by atoms with van der Waals surface area (Å²) in [5.74, 6) is 2.05. The number of fused-ring (bicyclic) bond motifs is 1. The van der Waals surface area contributed by atoms with Gasteiger partial charge in [-0.3, -0.25) is 0 Å². The van der Waals surface area contributed by atoms with Crippen LogP contribution in [-0.2, 0) is 13.0 Å². The minimum atomic E-state index is 0.746. The van der Waals surface area contributed by atoms with Crippen LogP contribution in [0.4, 0.5) is 5.82 Å². The van der Waals surface area contributed by atoms with Crippen LogP contribution in [0.25, 0.3) is 0 Å². The van der Waals surface area contributed by atoms with Gasteiger partial charge in [0.05, 0.1) is 5.69 Å². The zero-order valence-electron chi connectivity index (χ0n) is 10.1. The average Bonchev–Trinajstić information content (AvgIpc) is 2.91. The molecule has 0 spiro atoms. The molecule has 1 aliphatic heterocycles. The van der Waals surface area contributed by atoms with E-state index in [1.807, 2.05) is 0 Å². The maximum absolute atomic E-state index is 4.83. The zero-order valence-corrected chi connectivity index (χ0v) is 10.1. The van der Waals surface area contributed by atoms with Crippen molar-refractivity contribution in [3.8, 4) is 0 Å². The van der Waals surface area contributed by atoms with Gasteiger partial charge in [0, 0.05) is 24.6 Å². The van der Waals surface area contributed by atoms with E-state index in [1.165, 1.54) is 55.6 Å². The summed E-state index contributed by atoms with van der Waals surface area (Å²) in [6.45, 7) is 4.27. The molecule has 0 bridgehead atoms. The van der Waals surface area contributed by atoms with Crippen molar-refractivity contribution >= 4 is 5.82 Å². The first-order valence-corrected chi connectivity index (χ1v) is 6.73. The first kappa shape index (κ1) is 10.2. The highest BCUT2D eigenvalue weighted by Gasteiger charge is 2.27. The summed E-state index contributed by atoms with van der Waals surface area (Å²) in [5.41, 5.74) is 2.94. The van der Waals surface area contributed by atoms with E-state index in [0.29, 0.717) is 0 Å². The molecule has 0 amide bonds. The van der Waals surface area contributed by atoms with Crippen molar-refractivity contribution in [1.29, 1.82) is 0 Å². The Labute approximate surface area is 97.2 Å². The lowest BCUT2D eigenvalue weighted by molar-refractivity contribution is 0.430. The smallest absolute Gasteiger partial charge is 0.127 e. The fraction of sp³-hybridized carbons (Fsp3) is 0.769. The van der Waals surface area contributed by atoms with Gasteiger partial charge in [0.2, 0.25) is 0 Å². The number of hydrogen-bond donors (Lipinski definition) is 1. The maximum Gasteiger partial charge on any atom is 0.127 e. The van der Waals surface area contributed by atoms with Gasteiger partial charge < -0.3 is 5.32 Å².